The third-order valence-electron chi connectivity index (χ3n) is 2.12. The first-order valence-electron chi connectivity index (χ1n) is 4.29. The fourth-order valence-corrected chi connectivity index (χ4v) is 1.96. The van der Waals surface area contributed by atoms with Crippen LogP contribution in [-0.4, -0.2) is 18.2 Å². The molecule has 3 N–H and O–H groups in total. The quantitative estimate of drug-likeness (QED) is 0.882. The first kappa shape index (κ1) is 12.0. The molecular weight excluding hydrogens is 262 g/mol. The van der Waals surface area contributed by atoms with Gasteiger partial charge < -0.3 is 15.6 Å². The van der Waals surface area contributed by atoms with Gasteiger partial charge in [0.05, 0.1) is 7.11 Å². The van der Waals surface area contributed by atoms with Gasteiger partial charge in [0.2, 0.25) is 0 Å². The third-order valence-corrected chi connectivity index (χ3v) is 2.80. The zero-order chi connectivity index (χ0) is 11.6. The molecule has 1 aromatic carbocycles. The van der Waals surface area contributed by atoms with Crippen molar-refractivity contribution in [3.63, 3.8) is 0 Å². The van der Waals surface area contributed by atoms with Gasteiger partial charge in [0, 0.05) is 4.47 Å². The van der Waals surface area contributed by atoms with Crippen LogP contribution in [0.5, 0.6) is 5.75 Å². The Morgan fingerprint density at radius 2 is 2.20 bits per heavy atom. The lowest BCUT2D eigenvalue weighted by Gasteiger charge is -2.13. The normalized spacial score (nSPS) is 12.3. The van der Waals surface area contributed by atoms with Crippen LogP contribution >= 0.6 is 15.9 Å². The van der Waals surface area contributed by atoms with E-state index in [9.17, 15) is 4.79 Å². The zero-order valence-corrected chi connectivity index (χ0v) is 10.0. The minimum absolute atomic E-state index is 0.505. The first-order chi connectivity index (χ1) is 6.97. The lowest BCUT2D eigenvalue weighted by Crippen LogP contribution is -2.21. The summed E-state index contributed by atoms with van der Waals surface area (Å²) >= 11 is 3.28. The number of benzene rings is 1. The van der Waals surface area contributed by atoms with Crippen molar-refractivity contribution in [1.82, 2.24) is 0 Å². The van der Waals surface area contributed by atoms with E-state index in [1.807, 2.05) is 6.92 Å². The fourth-order valence-electron chi connectivity index (χ4n) is 1.26. The predicted octanol–water partition coefficient (Wildman–Crippen LogP) is 1.85. The molecule has 1 unspecified atom stereocenters. The number of carbonyl (C=O) groups is 1. The van der Waals surface area contributed by atoms with Crippen LogP contribution in [0.25, 0.3) is 0 Å². The molecule has 0 aliphatic carbocycles. The second kappa shape index (κ2) is 4.63. The van der Waals surface area contributed by atoms with Gasteiger partial charge in [-0.05, 0) is 30.2 Å². The summed E-state index contributed by atoms with van der Waals surface area (Å²) in [5, 5.41) is 8.81. The number of aliphatic carboxylic acids is 1. The smallest absolute Gasteiger partial charge is 0.325 e. The van der Waals surface area contributed by atoms with Crippen molar-refractivity contribution in [2.24, 2.45) is 5.73 Å². The number of rotatable bonds is 3. The Morgan fingerprint density at radius 3 is 2.67 bits per heavy atom. The minimum Gasteiger partial charge on any atom is -0.496 e. The number of aryl methyl sites for hydroxylation is 1. The fraction of sp³-hybridized carbons (Fsp3) is 0.300. The van der Waals surface area contributed by atoms with Gasteiger partial charge >= 0.3 is 5.97 Å². The monoisotopic (exact) mass is 273 g/mol. The second-order valence-electron chi connectivity index (χ2n) is 3.16. The van der Waals surface area contributed by atoms with E-state index in [4.69, 9.17) is 15.6 Å². The van der Waals surface area contributed by atoms with Crippen molar-refractivity contribution in [2.75, 3.05) is 7.11 Å². The van der Waals surface area contributed by atoms with E-state index in [0.717, 1.165) is 5.56 Å². The van der Waals surface area contributed by atoms with E-state index >= 15 is 0 Å². The van der Waals surface area contributed by atoms with E-state index in [-0.39, 0.29) is 0 Å². The van der Waals surface area contributed by atoms with Gasteiger partial charge in [-0.3, -0.25) is 4.79 Å². The predicted molar refractivity (Wildman–Crippen MR) is 60.0 cm³/mol. The molecule has 1 aromatic rings. The molecule has 4 nitrogen and oxygen atoms in total. The molecule has 15 heavy (non-hydrogen) atoms. The zero-order valence-electron chi connectivity index (χ0n) is 8.45. The first-order valence-corrected chi connectivity index (χ1v) is 5.09. The molecule has 5 heteroatoms. The molecule has 0 amide bonds. The van der Waals surface area contributed by atoms with Crippen molar-refractivity contribution in [3.8, 4) is 5.75 Å². The lowest BCUT2D eigenvalue weighted by atomic mass is 10.1. The summed E-state index contributed by atoms with van der Waals surface area (Å²) in [7, 11) is 1.53. The summed E-state index contributed by atoms with van der Waals surface area (Å²) in [5.74, 6) is -0.438. The summed E-state index contributed by atoms with van der Waals surface area (Å²) in [4.78, 5) is 10.7. The van der Waals surface area contributed by atoms with Crippen molar-refractivity contribution < 1.29 is 14.6 Å². The molecule has 0 aliphatic rings. The highest BCUT2D eigenvalue weighted by molar-refractivity contribution is 9.10. The Bertz CT molecular complexity index is 392. The Morgan fingerprint density at radius 1 is 1.60 bits per heavy atom. The maximum absolute atomic E-state index is 10.7. The van der Waals surface area contributed by atoms with Crippen LogP contribution in [0, 0.1) is 6.92 Å². The number of ether oxygens (including phenoxy) is 1. The van der Waals surface area contributed by atoms with Crippen molar-refractivity contribution in [2.45, 2.75) is 13.0 Å². The molecule has 1 atom stereocenters. The van der Waals surface area contributed by atoms with Crippen molar-refractivity contribution >= 4 is 21.9 Å². The topological polar surface area (TPSA) is 72.5 Å². The molecule has 0 aliphatic heterocycles. The molecule has 0 aromatic heterocycles. The molecule has 0 saturated carbocycles. The van der Waals surface area contributed by atoms with Crippen LogP contribution in [0.1, 0.15) is 17.2 Å². The average Bonchev–Trinajstić information content (AvgIpc) is 2.17. The standard InChI is InChI=1S/C10H12BrNO3/c1-5-3-7(11)6(4-8(5)15-2)9(12)10(13)14/h3-4,9H,12H2,1-2H3,(H,13,14). The third kappa shape index (κ3) is 2.49. The molecule has 0 heterocycles. The summed E-state index contributed by atoms with van der Waals surface area (Å²) in [6.07, 6.45) is 0. The second-order valence-corrected chi connectivity index (χ2v) is 4.01. The Hall–Kier alpha value is -1.07. The van der Waals surface area contributed by atoms with E-state index in [1.165, 1.54) is 7.11 Å². The van der Waals surface area contributed by atoms with Crippen LogP contribution in [0.3, 0.4) is 0 Å². The maximum atomic E-state index is 10.7. The molecule has 0 spiro atoms. The molecule has 1 rings (SSSR count). The number of hydrogen-bond acceptors (Lipinski definition) is 3. The molecule has 0 saturated heterocycles. The van der Waals surface area contributed by atoms with Gasteiger partial charge in [0.15, 0.2) is 0 Å². The summed E-state index contributed by atoms with van der Waals surface area (Å²) in [6.45, 7) is 1.87. The Labute approximate surface area is 96.2 Å². The highest BCUT2D eigenvalue weighted by Gasteiger charge is 2.18. The van der Waals surface area contributed by atoms with Crippen LogP contribution < -0.4 is 10.5 Å². The number of carboxylic acid groups (broad SMARTS) is 1. The van der Waals surface area contributed by atoms with Gasteiger partial charge in [-0.1, -0.05) is 15.9 Å². The number of hydrogen-bond donors (Lipinski definition) is 2. The Balaban J connectivity index is 3.24. The van der Waals surface area contributed by atoms with Gasteiger partial charge in [0.1, 0.15) is 11.8 Å². The largest absolute Gasteiger partial charge is 0.496 e. The van der Waals surface area contributed by atoms with Gasteiger partial charge in [-0.15, -0.1) is 0 Å². The number of nitrogens with two attached hydrogens (primary N) is 1. The molecular formula is C10H12BrNO3. The number of carboxylic acids is 1. The molecule has 0 bridgehead atoms. The Kier molecular flexibility index (Phi) is 3.71. The van der Waals surface area contributed by atoms with Gasteiger partial charge in [-0.25, -0.2) is 0 Å². The number of halogens is 1. The van der Waals surface area contributed by atoms with Gasteiger partial charge in [-0.2, -0.15) is 0 Å². The number of methoxy groups -OCH3 is 1. The highest BCUT2D eigenvalue weighted by atomic mass is 79.9. The van der Waals surface area contributed by atoms with Crippen molar-refractivity contribution in [1.29, 1.82) is 0 Å². The van der Waals surface area contributed by atoms with Crippen molar-refractivity contribution in [3.05, 3.63) is 27.7 Å². The maximum Gasteiger partial charge on any atom is 0.325 e. The van der Waals surface area contributed by atoms with E-state index in [1.54, 1.807) is 12.1 Å². The van der Waals surface area contributed by atoms with Crippen LogP contribution in [0.15, 0.2) is 16.6 Å². The average molecular weight is 274 g/mol. The van der Waals surface area contributed by atoms with Crippen LogP contribution in [0.4, 0.5) is 0 Å². The molecule has 0 radical (unpaired) electrons. The van der Waals surface area contributed by atoms with E-state index in [2.05, 4.69) is 15.9 Å². The lowest BCUT2D eigenvalue weighted by molar-refractivity contribution is -0.138. The summed E-state index contributed by atoms with van der Waals surface area (Å²) in [5.41, 5.74) is 6.95. The summed E-state index contributed by atoms with van der Waals surface area (Å²) in [6, 6.07) is 2.38. The van der Waals surface area contributed by atoms with Gasteiger partial charge in [0.25, 0.3) is 0 Å². The SMILES string of the molecule is COc1cc(C(N)C(=O)O)c(Br)cc1C. The van der Waals surface area contributed by atoms with E-state index in [0.29, 0.717) is 15.8 Å². The van der Waals surface area contributed by atoms with Crippen LogP contribution in [0.2, 0.25) is 0 Å². The van der Waals surface area contributed by atoms with E-state index < -0.39 is 12.0 Å². The molecule has 82 valence electrons. The highest BCUT2D eigenvalue weighted by Crippen LogP contribution is 2.30. The molecule has 0 fully saturated rings. The summed E-state index contributed by atoms with van der Waals surface area (Å²) < 4.78 is 5.78. The minimum atomic E-state index is -1.07. The van der Waals surface area contributed by atoms with Crippen LogP contribution in [-0.2, 0) is 4.79 Å².